The quantitative estimate of drug-likeness (QED) is 0.709. The average molecular weight is 245 g/mol. The molecule has 2 atom stereocenters. The van der Waals surface area contributed by atoms with Crippen LogP contribution >= 0.6 is 0 Å². The molecule has 0 aromatic carbocycles. The highest BCUT2D eigenvalue weighted by Crippen LogP contribution is 2.28. The van der Waals surface area contributed by atoms with Crippen LogP contribution in [-0.2, 0) is 9.53 Å². The number of nitrogens with zero attached hydrogens (tertiary/aromatic N) is 1. The monoisotopic (exact) mass is 245 g/mol. The summed E-state index contributed by atoms with van der Waals surface area (Å²) in [5.74, 6) is 0.198. The van der Waals surface area contributed by atoms with Crippen molar-refractivity contribution in [2.24, 2.45) is 0 Å². The molecule has 96 valence electrons. The first-order valence-corrected chi connectivity index (χ1v) is 6.70. The van der Waals surface area contributed by atoms with Gasteiger partial charge in [-0.3, -0.25) is 4.79 Å². The lowest BCUT2D eigenvalue weighted by atomic mass is 9.95. The zero-order valence-electron chi connectivity index (χ0n) is 10.8. The Balaban J connectivity index is 1.77. The standard InChI is InChI=1S/C15H19NO2/c1-11-3-2-4-12(6-5-11)15(17)16-9-14-8-7-13(16)10-18-14/h2-3,5-6,13-14H,4,7-10H2,1H3. The van der Waals surface area contributed by atoms with Crippen molar-refractivity contribution < 1.29 is 9.53 Å². The van der Waals surface area contributed by atoms with Crippen LogP contribution in [0.3, 0.4) is 0 Å². The van der Waals surface area contributed by atoms with Gasteiger partial charge in [-0.15, -0.1) is 0 Å². The largest absolute Gasteiger partial charge is 0.374 e. The molecule has 2 bridgehead atoms. The molecule has 3 heteroatoms. The van der Waals surface area contributed by atoms with Crippen LogP contribution in [0.5, 0.6) is 0 Å². The third-order valence-electron chi connectivity index (χ3n) is 3.99. The number of carbonyl (C=O) groups is 1. The Morgan fingerprint density at radius 1 is 1.39 bits per heavy atom. The van der Waals surface area contributed by atoms with E-state index in [0.717, 1.165) is 31.4 Å². The average Bonchev–Trinajstić information content (AvgIpc) is 2.64. The Kier molecular flexibility index (Phi) is 3.08. The molecule has 0 aromatic rings. The Morgan fingerprint density at radius 3 is 2.94 bits per heavy atom. The molecule has 4 aliphatic rings. The predicted octanol–water partition coefficient (Wildman–Crippen LogP) is 2.21. The summed E-state index contributed by atoms with van der Waals surface area (Å²) in [7, 11) is 0. The van der Waals surface area contributed by atoms with Crippen molar-refractivity contribution in [3.63, 3.8) is 0 Å². The SMILES string of the molecule is CC1=CC=C(C(=O)N2CC3CCC2CO3)CC=C1. The zero-order chi connectivity index (χ0) is 12.5. The molecule has 0 radical (unpaired) electrons. The van der Waals surface area contributed by atoms with Crippen LogP contribution in [0, 0.1) is 0 Å². The lowest BCUT2D eigenvalue weighted by molar-refractivity contribution is -0.150. The molecule has 3 heterocycles. The van der Waals surface area contributed by atoms with E-state index in [1.165, 1.54) is 5.57 Å². The highest BCUT2D eigenvalue weighted by atomic mass is 16.5. The molecule has 0 N–H and O–H groups in total. The topological polar surface area (TPSA) is 29.5 Å². The molecule has 3 saturated heterocycles. The third-order valence-corrected chi connectivity index (χ3v) is 3.99. The maximum absolute atomic E-state index is 12.5. The Morgan fingerprint density at radius 2 is 2.28 bits per heavy atom. The Bertz CT molecular complexity index is 439. The summed E-state index contributed by atoms with van der Waals surface area (Å²) in [6.07, 6.45) is 11.3. The fraction of sp³-hybridized carbons (Fsp3) is 0.533. The van der Waals surface area contributed by atoms with Gasteiger partial charge in [0.05, 0.1) is 18.8 Å². The van der Waals surface area contributed by atoms with Crippen molar-refractivity contribution in [2.45, 2.75) is 38.3 Å². The summed E-state index contributed by atoms with van der Waals surface area (Å²) in [5.41, 5.74) is 2.09. The van der Waals surface area contributed by atoms with Crippen LogP contribution in [0.2, 0.25) is 0 Å². The summed E-state index contributed by atoms with van der Waals surface area (Å²) >= 11 is 0. The van der Waals surface area contributed by atoms with E-state index in [2.05, 4.69) is 19.1 Å². The molecule has 1 amide bonds. The van der Waals surface area contributed by atoms with E-state index in [1.807, 2.05) is 17.1 Å². The summed E-state index contributed by atoms with van der Waals surface area (Å²) < 4.78 is 5.65. The highest BCUT2D eigenvalue weighted by molar-refractivity contribution is 5.94. The van der Waals surface area contributed by atoms with Crippen LogP contribution in [0.1, 0.15) is 26.2 Å². The second kappa shape index (κ2) is 4.73. The Hall–Kier alpha value is -1.35. The number of amides is 1. The van der Waals surface area contributed by atoms with Gasteiger partial charge in [-0.1, -0.05) is 29.9 Å². The van der Waals surface area contributed by atoms with E-state index < -0.39 is 0 Å². The van der Waals surface area contributed by atoms with E-state index >= 15 is 0 Å². The second-order valence-electron chi connectivity index (χ2n) is 5.35. The van der Waals surface area contributed by atoms with Crippen molar-refractivity contribution in [2.75, 3.05) is 13.2 Å². The van der Waals surface area contributed by atoms with Gasteiger partial charge >= 0.3 is 0 Å². The van der Waals surface area contributed by atoms with E-state index in [9.17, 15) is 4.79 Å². The third kappa shape index (κ3) is 2.15. The molecule has 18 heavy (non-hydrogen) atoms. The summed E-state index contributed by atoms with van der Waals surface area (Å²) in [6.45, 7) is 3.54. The van der Waals surface area contributed by atoms with Gasteiger partial charge in [0, 0.05) is 12.1 Å². The van der Waals surface area contributed by atoms with E-state index in [1.54, 1.807) is 0 Å². The number of morpholine rings is 1. The Labute approximate surface area is 108 Å². The van der Waals surface area contributed by atoms with Crippen LogP contribution in [0.15, 0.2) is 35.5 Å². The number of hydrogen-bond donors (Lipinski definition) is 0. The van der Waals surface area contributed by atoms with Crippen molar-refractivity contribution >= 4 is 5.91 Å². The molecule has 4 rings (SSSR count). The van der Waals surface area contributed by atoms with Crippen LogP contribution < -0.4 is 0 Å². The van der Waals surface area contributed by atoms with Crippen LogP contribution in [0.25, 0.3) is 0 Å². The molecule has 0 spiro atoms. The van der Waals surface area contributed by atoms with Crippen molar-refractivity contribution in [1.29, 1.82) is 0 Å². The number of piperidine rings is 1. The molecular formula is C15H19NO2. The minimum Gasteiger partial charge on any atom is -0.374 e. The van der Waals surface area contributed by atoms with E-state index in [-0.39, 0.29) is 12.0 Å². The number of ether oxygens (including phenoxy) is 1. The molecule has 0 saturated carbocycles. The fourth-order valence-electron chi connectivity index (χ4n) is 2.87. The highest BCUT2D eigenvalue weighted by Gasteiger charge is 2.37. The van der Waals surface area contributed by atoms with E-state index in [0.29, 0.717) is 12.6 Å². The predicted molar refractivity (Wildman–Crippen MR) is 70.1 cm³/mol. The number of carbonyl (C=O) groups excluding carboxylic acids is 1. The molecular weight excluding hydrogens is 226 g/mol. The summed E-state index contributed by atoms with van der Waals surface area (Å²) in [5, 5.41) is 0. The smallest absolute Gasteiger partial charge is 0.250 e. The summed E-state index contributed by atoms with van der Waals surface area (Å²) in [6, 6.07) is 0.292. The summed E-state index contributed by atoms with van der Waals surface area (Å²) in [4.78, 5) is 14.6. The molecule has 3 nitrogen and oxygen atoms in total. The van der Waals surface area contributed by atoms with Gasteiger partial charge in [-0.25, -0.2) is 0 Å². The van der Waals surface area contributed by atoms with Gasteiger partial charge in [0.15, 0.2) is 0 Å². The van der Waals surface area contributed by atoms with Crippen LogP contribution in [-0.4, -0.2) is 36.1 Å². The van der Waals surface area contributed by atoms with Crippen molar-refractivity contribution in [3.05, 3.63) is 35.5 Å². The molecule has 2 unspecified atom stereocenters. The fourth-order valence-corrected chi connectivity index (χ4v) is 2.87. The zero-order valence-corrected chi connectivity index (χ0v) is 10.8. The normalized spacial score (nSPS) is 30.8. The number of rotatable bonds is 1. The van der Waals surface area contributed by atoms with E-state index in [4.69, 9.17) is 4.74 Å². The second-order valence-corrected chi connectivity index (χ2v) is 5.35. The van der Waals surface area contributed by atoms with Crippen molar-refractivity contribution in [1.82, 2.24) is 4.90 Å². The first-order valence-electron chi connectivity index (χ1n) is 6.70. The lowest BCUT2D eigenvalue weighted by Gasteiger charge is -2.45. The lowest BCUT2D eigenvalue weighted by Crippen LogP contribution is -2.56. The maximum atomic E-state index is 12.5. The first kappa shape index (κ1) is 11.7. The van der Waals surface area contributed by atoms with Crippen molar-refractivity contribution in [3.8, 4) is 0 Å². The van der Waals surface area contributed by atoms with Gasteiger partial charge < -0.3 is 9.64 Å². The minimum atomic E-state index is 0.198. The molecule has 3 aliphatic heterocycles. The van der Waals surface area contributed by atoms with Crippen LogP contribution in [0.4, 0.5) is 0 Å². The van der Waals surface area contributed by atoms with Gasteiger partial charge in [0.1, 0.15) is 0 Å². The van der Waals surface area contributed by atoms with Gasteiger partial charge in [-0.2, -0.15) is 0 Å². The number of allylic oxidation sites excluding steroid dienone is 5. The number of hydrogen-bond acceptors (Lipinski definition) is 2. The van der Waals surface area contributed by atoms with Gasteiger partial charge in [0.25, 0.3) is 5.91 Å². The van der Waals surface area contributed by atoms with Gasteiger partial charge in [0.2, 0.25) is 0 Å². The van der Waals surface area contributed by atoms with Gasteiger partial charge in [-0.05, 0) is 26.2 Å². The molecule has 1 aliphatic carbocycles. The number of fused-ring (bicyclic) bond motifs is 3. The molecule has 3 fully saturated rings. The first-order chi connectivity index (χ1) is 8.74. The maximum Gasteiger partial charge on any atom is 0.250 e. The minimum absolute atomic E-state index is 0.198. The molecule has 0 aromatic heterocycles.